The largest absolute Gasteiger partial charge is 0.162 e. The van der Waals surface area contributed by atoms with Gasteiger partial charge < -0.3 is 0 Å². The minimum absolute atomic E-state index is 0.683. The lowest BCUT2D eigenvalue weighted by atomic mass is 9.48. The van der Waals surface area contributed by atoms with Gasteiger partial charge in [0.25, 0.3) is 0 Å². The molecule has 1 heterocycles. The summed E-state index contributed by atoms with van der Waals surface area (Å²) in [5, 5.41) is 0. The van der Waals surface area contributed by atoms with Gasteiger partial charge in [0.05, 0.1) is 0 Å². The second kappa shape index (κ2) is 3.18. The summed E-state index contributed by atoms with van der Waals surface area (Å²) in [6.45, 7) is 7.28. The molecule has 0 unspecified atom stereocenters. The Balaban J connectivity index is 1.94. The van der Waals surface area contributed by atoms with Crippen molar-refractivity contribution in [3.63, 3.8) is 0 Å². The Hall–Kier alpha value is 0.350. The predicted molar refractivity (Wildman–Crippen MR) is 61.2 cm³/mol. The van der Waals surface area contributed by atoms with Crippen LogP contribution in [0.3, 0.4) is 0 Å². The first-order chi connectivity index (χ1) is 6.06. The lowest BCUT2D eigenvalue weighted by molar-refractivity contribution is -0.0657. The normalized spacial score (nSPS) is 30.5. The maximum atomic E-state index is 2.49. The topological polar surface area (TPSA) is 0 Å². The first-order valence-corrected chi connectivity index (χ1v) is 6.80. The third-order valence-corrected chi connectivity index (χ3v) is 5.49. The molecule has 1 saturated carbocycles. The molecule has 1 saturated heterocycles. The van der Waals surface area contributed by atoms with Crippen LogP contribution in [0.2, 0.25) is 0 Å². The molecule has 2 fully saturated rings. The second-order valence-electron chi connectivity index (χ2n) is 5.77. The Morgan fingerprint density at radius 1 is 1.08 bits per heavy atom. The van der Waals surface area contributed by atoms with Crippen LogP contribution < -0.4 is 0 Å². The number of thioether (sulfide) groups is 1. The van der Waals surface area contributed by atoms with Gasteiger partial charge >= 0.3 is 0 Å². The van der Waals surface area contributed by atoms with Crippen molar-refractivity contribution in [3.8, 4) is 0 Å². The molecular formula is C12H22S. The molecule has 0 aromatic carbocycles. The Bertz CT molecular complexity index is 181. The van der Waals surface area contributed by atoms with Gasteiger partial charge in [0.2, 0.25) is 0 Å². The zero-order valence-corrected chi connectivity index (χ0v) is 10.0. The second-order valence-corrected chi connectivity index (χ2v) is 7.00. The van der Waals surface area contributed by atoms with Crippen LogP contribution in [-0.2, 0) is 0 Å². The number of hydrogen-bond donors (Lipinski definition) is 0. The molecule has 0 nitrogen and oxygen atoms in total. The van der Waals surface area contributed by atoms with E-state index in [2.05, 4.69) is 32.5 Å². The van der Waals surface area contributed by atoms with Gasteiger partial charge in [0, 0.05) is 0 Å². The summed E-state index contributed by atoms with van der Waals surface area (Å²) in [4.78, 5) is 0. The summed E-state index contributed by atoms with van der Waals surface area (Å²) in [7, 11) is 0. The fourth-order valence-electron chi connectivity index (χ4n) is 3.23. The zero-order chi connectivity index (χ0) is 9.53. The zero-order valence-electron chi connectivity index (χ0n) is 9.23. The first-order valence-electron chi connectivity index (χ1n) is 5.64. The highest BCUT2D eigenvalue weighted by Gasteiger charge is 2.52. The van der Waals surface area contributed by atoms with Crippen molar-refractivity contribution >= 4 is 11.8 Å². The maximum absolute atomic E-state index is 2.49. The van der Waals surface area contributed by atoms with Gasteiger partial charge in [-0.15, -0.1) is 0 Å². The van der Waals surface area contributed by atoms with Crippen LogP contribution in [0.25, 0.3) is 0 Å². The van der Waals surface area contributed by atoms with Crippen molar-refractivity contribution in [2.75, 3.05) is 11.5 Å². The molecule has 0 aromatic rings. The van der Waals surface area contributed by atoms with Crippen LogP contribution in [0.4, 0.5) is 0 Å². The molecule has 1 aliphatic carbocycles. The van der Waals surface area contributed by atoms with Gasteiger partial charge in [-0.25, -0.2) is 0 Å². The van der Waals surface area contributed by atoms with E-state index in [9.17, 15) is 0 Å². The van der Waals surface area contributed by atoms with Crippen molar-refractivity contribution in [2.24, 2.45) is 16.7 Å². The van der Waals surface area contributed by atoms with E-state index < -0.39 is 0 Å². The molecule has 1 heteroatoms. The standard InChI is InChI=1S/C12H22S/c1-10(2)11(3)8-12(9-11)4-6-13-7-5-12/h10H,4-9H2,1-3H3. The molecule has 13 heavy (non-hydrogen) atoms. The first kappa shape index (κ1) is 9.89. The van der Waals surface area contributed by atoms with Crippen molar-refractivity contribution in [1.82, 2.24) is 0 Å². The predicted octanol–water partition coefficient (Wildman–Crippen LogP) is 3.96. The highest BCUT2D eigenvalue weighted by atomic mass is 32.2. The Morgan fingerprint density at radius 3 is 2.08 bits per heavy atom. The van der Waals surface area contributed by atoms with Crippen LogP contribution in [0, 0.1) is 16.7 Å². The summed E-state index contributed by atoms with van der Waals surface area (Å²) in [6, 6.07) is 0. The van der Waals surface area contributed by atoms with E-state index in [1.54, 1.807) is 0 Å². The van der Waals surface area contributed by atoms with E-state index in [1.165, 1.54) is 37.2 Å². The summed E-state index contributed by atoms with van der Waals surface area (Å²) < 4.78 is 0. The minimum Gasteiger partial charge on any atom is -0.162 e. The highest BCUT2D eigenvalue weighted by molar-refractivity contribution is 7.99. The summed E-state index contributed by atoms with van der Waals surface area (Å²) in [5.41, 5.74) is 1.48. The Morgan fingerprint density at radius 2 is 1.62 bits per heavy atom. The van der Waals surface area contributed by atoms with E-state index in [-0.39, 0.29) is 0 Å². The van der Waals surface area contributed by atoms with E-state index in [1.807, 2.05) is 0 Å². The van der Waals surface area contributed by atoms with Crippen LogP contribution in [-0.4, -0.2) is 11.5 Å². The smallest absolute Gasteiger partial charge is 0.00622 e. The molecule has 0 bridgehead atoms. The van der Waals surface area contributed by atoms with Crippen molar-refractivity contribution in [2.45, 2.75) is 46.5 Å². The highest BCUT2D eigenvalue weighted by Crippen LogP contribution is 2.62. The van der Waals surface area contributed by atoms with E-state index in [0.29, 0.717) is 5.41 Å². The quantitative estimate of drug-likeness (QED) is 0.614. The SMILES string of the molecule is CC(C)C1(C)CC2(CCSCC2)C1. The Labute approximate surface area is 86.9 Å². The van der Waals surface area contributed by atoms with Gasteiger partial charge in [-0.05, 0) is 53.9 Å². The molecule has 0 N–H and O–H groups in total. The average molecular weight is 198 g/mol. The van der Waals surface area contributed by atoms with E-state index >= 15 is 0 Å². The van der Waals surface area contributed by atoms with Gasteiger partial charge in [-0.2, -0.15) is 11.8 Å². The van der Waals surface area contributed by atoms with E-state index in [0.717, 1.165) is 11.3 Å². The Kier molecular flexibility index (Phi) is 2.42. The van der Waals surface area contributed by atoms with Gasteiger partial charge in [-0.1, -0.05) is 20.8 Å². The van der Waals surface area contributed by atoms with Gasteiger partial charge in [-0.3, -0.25) is 0 Å². The van der Waals surface area contributed by atoms with Crippen LogP contribution in [0.1, 0.15) is 46.5 Å². The monoisotopic (exact) mass is 198 g/mol. The molecule has 2 aliphatic rings. The average Bonchev–Trinajstić information content (AvgIpc) is 2.03. The molecule has 1 aliphatic heterocycles. The van der Waals surface area contributed by atoms with Crippen molar-refractivity contribution in [1.29, 1.82) is 0 Å². The molecule has 0 atom stereocenters. The summed E-state index contributed by atoms with van der Waals surface area (Å²) >= 11 is 2.15. The molecule has 1 spiro atoms. The van der Waals surface area contributed by atoms with Gasteiger partial charge in [0.1, 0.15) is 0 Å². The maximum Gasteiger partial charge on any atom is -0.00622 e. The lowest BCUT2D eigenvalue weighted by Gasteiger charge is -2.59. The van der Waals surface area contributed by atoms with Crippen molar-refractivity contribution < 1.29 is 0 Å². The molecule has 76 valence electrons. The molecular weight excluding hydrogens is 176 g/mol. The fraction of sp³-hybridized carbons (Fsp3) is 1.00. The van der Waals surface area contributed by atoms with Crippen LogP contribution in [0.15, 0.2) is 0 Å². The molecule has 0 aromatic heterocycles. The number of rotatable bonds is 1. The van der Waals surface area contributed by atoms with Crippen molar-refractivity contribution in [3.05, 3.63) is 0 Å². The lowest BCUT2D eigenvalue weighted by Crippen LogP contribution is -2.49. The third-order valence-electron chi connectivity index (χ3n) is 4.50. The molecule has 0 amide bonds. The third kappa shape index (κ3) is 1.65. The molecule has 2 rings (SSSR count). The summed E-state index contributed by atoms with van der Waals surface area (Å²) in [6.07, 6.45) is 6.02. The molecule has 0 radical (unpaired) electrons. The van der Waals surface area contributed by atoms with E-state index in [4.69, 9.17) is 0 Å². The minimum atomic E-state index is 0.683. The van der Waals surface area contributed by atoms with Crippen LogP contribution in [0.5, 0.6) is 0 Å². The van der Waals surface area contributed by atoms with Gasteiger partial charge in [0.15, 0.2) is 0 Å². The summed E-state index contributed by atoms with van der Waals surface area (Å²) in [5.74, 6) is 3.73. The number of hydrogen-bond acceptors (Lipinski definition) is 1. The fourth-order valence-corrected chi connectivity index (χ4v) is 4.59. The van der Waals surface area contributed by atoms with Crippen LogP contribution >= 0.6 is 11.8 Å².